The summed E-state index contributed by atoms with van der Waals surface area (Å²) < 4.78 is 0. The molecular weight excluding hydrogens is 870 g/mol. The molecule has 2 heterocycles. The molecule has 0 amide bonds. The number of rotatable bonds is 10. The second-order valence-corrected chi connectivity index (χ2v) is 20.9. The van der Waals surface area contributed by atoms with Gasteiger partial charge < -0.3 is 14.6 Å². The van der Waals surface area contributed by atoms with E-state index in [0.29, 0.717) is 0 Å². The molecule has 0 unspecified atom stereocenters. The highest BCUT2D eigenvalue weighted by Crippen LogP contribution is 2.51. The molecule has 12 rings (SSSR count). The fourth-order valence-electron chi connectivity index (χ4n) is 11.4. The van der Waals surface area contributed by atoms with E-state index < -0.39 is 0 Å². The largest absolute Gasteiger partial charge is 0.376 e. The Labute approximate surface area is 426 Å². The van der Waals surface area contributed by atoms with E-state index in [0.717, 1.165) is 23.5 Å². The van der Waals surface area contributed by atoms with Crippen LogP contribution in [-0.4, -0.2) is 6.85 Å². The zero-order valence-electron chi connectivity index (χ0n) is 42.3. The summed E-state index contributed by atoms with van der Waals surface area (Å²) in [5, 5.41) is 2.46. The molecule has 350 valence electrons. The van der Waals surface area contributed by atoms with E-state index >= 15 is 0 Å². The first-order valence-electron chi connectivity index (χ1n) is 25.8. The Morgan fingerprint density at radius 3 is 1.82 bits per heavy atom. The molecule has 4 heteroatoms. The van der Waals surface area contributed by atoms with Gasteiger partial charge in [-0.1, -0.05) is 162 Å². The highest BCUT2D eigenvalue weighted by molar-refractivity contribution is 6.93. The Morgan fingerprint density at radius 1 is 0.458 bits per heavy atom. The van der Waals surface area contributed by atoms with Crippen LogP contribution in [0.15, 0.2) is 218 Å². The molecular formula is C68H60BN3. The van der Waals surface area contributed by atoms with Gasteiger partial charge in [0.25, 0.3) is 0 Å². The van der Waals surface area contributed by atoms with Crippen molar-refractivity contribution >= 4 is 74.0 Å². The van der Waals surface area contributed by atoms with Crippen LogP contribution in [0.5, 0.6) is 0 Å². The Kier molecular flexibility index (Phi) is 11.4. The van der Waals surface area contributed by atoms with E-state index in [-0.39, 0.29) is 12.3 Å². The maximum Gasteiger partial charge on any atom is 0.333 e. The molecule has 0 bridgehead atoms. The van der Waals surface area contributed by atoms with Gasteiger partial charge in [0.05, 0.1) is 0 Å². The molecule has 0 spiro atoms. The van der Waals surface area contributed by atoms with Crippen molar-refractivity contribution in [3.05, 3.63) is 241 Å². The fraction of sp³-hybridized carbons (Fsp3) is 0.147. The molecule has 0 aromatic heterocycles. The van der Waals surface area contributed by atoms with E-state index in [1.807, 2.05) is 0 Å². The number of fused-ring (bicyclic) bond motifs is 5. The van der Waals surface area contributed by atoms with Crippen LogP contribution in [0.4, 0.5) is 45.5 Å². The highest BCUT2D eigenvalue weighted by atomic mass is 15.2. The van der Waals surface area contributed by atoms with Gasteiger partial charge in [0.2, 0.25) is 0 Å². The second kappa shape index (κ2) is 18.3. The molecule has 72 heavy (non-hydrogen) atoms. The van der Waals surface area contributed by atoms with Crippen molar-refractivity contribution in [2.45, 2.75) is 66.2 Å². The molecule has 2 aliphatic rings. The van der Waals surface area contributed by atoms with E-state index in [1.54, 1.807) is 0 Å². The van der Waals surface area contributed by atoms with E-state index in [2.05, 4.69) is 275 Å². The number of para-hydroxylation sites is 1. The summed E-state index contributed by atoms with van der Waals surface area (Å²) in [6.45, 7) is 13.5. The molecule has 0 radical (unpaired) electrons. The summed E-state index contributed by atoms with van der Waals surface area (Å²) in [4.78, 5) is 7.69. The number of anilines is 8. The minimum atomic E-state index is -0.181. The van der Waals surface area contributed by atoms with Crippen molar-refractivity contribution < 1.29 is 0 Å². The topological polar surface area (TPSA) is 9.72 Å². The predicted octanol–water partition coefficient (Wildman–Crippen LogP) is 17.6. The molecule has 0 atom stereocenters. The third kappa shape index (κ3) is 7.96. The molecule has 2 aliphatic heterocycles. The van der Waals surface area contributed by atoms with Gasteiger partial charge in [0, 0.05) is 51.1 Å². The summed E-state index contributed by atoms with van der Waals surface area (Å²) in [6, 6.07) is 82.2. The number of hydrogen-bond acceptors (Lipinski definition) is 3. The molecule has 10 aromatic rings. The second-order valence-electron chi connectivity index (χ2n) is 20.9. The van der Waals surface area contributed by atoms with Gasteiger partial charge in [0.1, 0.15) is 0 Å². The molecule has 0 fully saturated rings. The summed E-state index contributed by atoms with van der Waals surface area (Å²) in [5.74, 6) is 0. The van der Waals surface area contributed by atoms with Gasteiger partial charge in [-0.15, -0.1) is 0 Å². The lowest BCUT2D eigenvalue weighted by Crippen LogP contribution is -2.61. The van der Waals surface area contributed by atoms with Crippen molar-refractivity contribution in [1.82, 2.24) is 0 Å². The van der Waals surface area contributed by atoms with E-state index in [1.165, 1.54) is 119 Å². The fourth-order valence-corrected chi connectivity index (χ4v) is 11.4. The van der Waals surface area contributed by atoms with Crippen molar-refractivity contribution in [2.24, 2.45) is 0 Å². The average Bonchev–Trinajstić information content (AvgIpc) is 3.41. The minimum absolute atomic E-state index is 0.0101. The summed E-state index contributed by atoms with van der Waals surface area (Å²) in [7, 11) is 0. The van der Waals surface area contributed by atoms with Gasteiger partial charge in [-0.2, -0.15) is 0 Å². The zero-order chi connectivity index (χ0) is 49.1. The summed E-state index contributed by atoms with van der Waals surface area (Å²) in [6.07, 6.45) is 3.45. The lowest BCUT2D eigenvalue weighted by atomic mass is 9.43. The average molecular weight is 930 g/mol. The number of hydrogen-bond donors (Lipinski definition) is 0. The van der Waals surface area contributed by atoms with Crippen LogP contribution in [0.2, 0.25) is 0 Å². The maximum atomic E-state index is 2.66. The number of benzene rings is 10. The van der Waals surface area contributed by atoms with Gasteiger partial charge in [-0.3, -0.25) is 0 Å². The molecule has 0 aliphatic carbocycles. The lowest BCUT2D eigenvalue weighted by molar-refractivity contribution is 0.590. The van der Waals surface area contributed by atoms with Crippen LogP contribution >= 0.6 is 0 Å². The smallest absolute Gasteiger partial charge is 0.333 e. The predicted molar refractivity (Wildman–Crippen MR) is 310 cm³/mol. The number of aryl methyl sites for hydroxylation is 3. The van der Waals surface area contributed by atoms with Crippen molar-refractivity contribution in [3.63, 3.8) is 0 Å². The molecule has 3 nitrogen and oxygen atoms in total. The number of unbranched alkanes of at least 4 members (excludes halogenated alkanes) is 1. The van der Waals surface area contributed by atoms with Crippen molar-refractivity contribution in [1.29, 1.82) is 0 Å². The lowest BCUT2D eigenvalue weighted by Gasteiger charge is -2.46. The first kappa shape index (κ1) is 45.1. The van der Waals surface area contributed by atoms with Crippen LogP contribution in [0.3, 0.4) is 0 Å². The Morgan fingerprint density at radius 2 is 1.11 bits per heavy atom. The van der Waals surface area contributed by atoms with Crippen LogP contribution < -0.4 is 25.5 Å². The van der Waals surface area contributed by atoms with Crippen molar-refractivity contribution in [2.75, 3.05) is 14.6 Å². The van der Waals surface area contributed by atoms with E-state index in [4.69, 9.17) is 0 Å². The quantitative estimate of drug-likeness (QED) is 0.127. The van der Waals surface area contributed by atoms with Crippen LogP contribution in [0.1, 0.15) is 62.8 Å². The summed E-state index contributed by atoms with van der Waals surface area (Å²) in [5.41, 5.74) is 24.4. The Hall–Kier alpha value is -8.08. The van der Waals surface area contributed by atoms with Crippen LogP contribution in [0, 0.1) is 13.8 Å². The third-order valence-corrected chi connectivity index (χ3v) is 15.2. The molecule has 10 aromatic carbocycles. The Balaban J connectivity index is 1.17. The standard InChI is InChI=1S/C68H60BN3/c1-7-8-20-48-28-33-56(34-29-48)70(55-25-13-10-14-26-55)58-37-39-64-62(45-58)69-67-61(60-41-50-23-16-17-24-51(50)43-65(60)72(69)57-35-31-54(32-36-57)68(4,5)6)42-53(59-27-18-15-19-46(59)2)44-66(67)71(64)63-38-30-52(40-47(63)3)49-21-11-9-12-22-49/h9-19,21-45H,7-8,20H2,1-6H3. The van der Waals surface area contributed by atoms with Gasteiger partial charge in [-0.25, -0.2) is 0 Å². The minimum Gasteiger partial charge on any atom is -0.376 e. The number of nitrogens with zero attached hydrogens (tertiary/aromatic N) is 3. The van der Waals surface area contributed by atoms with Gasteiger partial charge in [-0.05, 0) is 195 Å². The zero-order valence-corrected chi connectivity index (χ0v) is 42.3. The normalized spacial score (nSPS) is 12.7. The SMILES string of the molecule is CCCCc1ccc(N(c2ccccc2)c2ccc3c(c2)B2c4c(cc(-c5ccccc5C)cc4N3c3ccc(-c4ccccc4)cc3C)-c3cc4ccccc4cc3N2c2ccc(C(C)(C)C)cc2)cc1. The summed E-state index contributed by atoms with van der Waals surface area (Å²) >= 11 is 0. The first-order valence-corrected chi connectivity index (χ1v) is 25.8. The molecule has 0 N–H and O–H groups in total. The van der Waals surface area contributed by atoms with Gasteiger partial charge >= 0.3 is 6.85 Å². The molecule has 0 saturated carbocycles. The van der Waals surface area contributed by atoms with Gasteiger partial charge in [0.15, 0.2) is 0 Å². The monoisotopic (exact) mass is 929 g/mol. The van der Waals surface area contributed by atoms with Crippen molar-refractivity contribution in [3.8, 4) is 33.4 Å². The third-order valence-electron chi connectivity index (χ3n) is 15.2. The van der Waals surface area contributed by atoms with Crippen LogP contribution in [-0.2, 0) is 11.8 Å². The molecule has 0 saturated heterocycles. The first-order chi connectivity index (χ1) is 35.1. The van der Waals surface area contributed by atoms with Crippen LogP contribution in [0.25, 0.3) is 44.2 Å². The Bertz CT molecular complexity index is 3630. The van der Waals surface area contributed by atoms with E-state index in [9.17, 15) is 0 Å². The maximum absolute atomic E-state index is 2.66. The highest BCUT2D eigenvalue weighted by Gasteiger charge is 2.46.